The molecule has 0 atom stereocenters. The summed E-state index contributed by atoms with van der Waals surface area (Å²) in [7, 11) is 0. The summed E-state index contributed by atoms with van der Waals surface area (Å²) < 4.78 is 0. The zero-order valence-corrected chi connectivity index (χ0v) is 10.9. The molecule has 0 aliphatic rings. The topological polar surface area (TPSA) is 100 Å². The van der Waals surface area contributed by atoms with Gasteiger partial charge < -0.3 is 9.97 Å². The van der Waals surface area contributed by atoms with E-state index in [9.17, 15) is 10.1 Å². The first-order valence-corrected chi connectivity index (χ1v) is 6.20. The molecule has 0 aromatic carbocycles. The minimum absolute atomic E-state index is 0.0191. The molecule has 7 nitrogen and oxygen atoms in total. The smallest absolute Gasteiger partial charge is 0.312 e. The number of nitrogens with one attached hydrogen (secondary N) is 2. The minimum atomic E-state index is -0.453. The summed E-state index contributed by atoms with van der Waals surface area (Å²) in [6.07, 6.45) is 6.55. The normalized spacial score (nSPS) is 10.3. The van der Waals surface area contributed by atoms with Crippen molar-refractivity contribution in [1.29, 1.82) is 0 Å². The molecular formula is C14H11N5O2. The number of rotatable bonds is 1. The molecule has 0 spiro atoms. The molecule has 4 aromatic heterocycles. The highest BCUT2D eigenvalue weighted by Crippen LogP contribution is 2.21. The van der Waals surface area contributed by atoms with E-state index in [1.165, 1.54) is 12.4 Å². The summed E-state index contributed by atoms with van der Waals surface area (Å²) in [5.41, 5.74) is 3.23. The van der Waals surface area contributed by atoms with Crippen LogP contribution < -0.4 is 0 Å². The second kappa shape index (κ2) is 5.41. The molecular weight excluding hydrogens is 270 g/mol. The van der Waals surface area contributed by atoms with Gasteiger partial charge in [-0.25, -0.2) is 4.98 Å². The number of nitrogens with zero attached hydrogens (tertiary/aromatic N) is 3. The first-order chi connectivity index (χ1) is 10.3. The van der Waals surface area contributed by atoms with Gasteiger partial charge in [-0.05, 0) is 30.3 Å². The molecule has 0 unspecified atom stereocenters. The van der Waals surface area contributed by atoms with Gasteiger partial charge in [-0.2, -0.15) is 0 Å². The largest absolute Gasteiger partial charge is 0.360 e. The van der Waals surface area contributed by atoms with E-state index in [0.29, 0.717) is 11.0 Å². The van der Waals surface area contributed by atoms with E-state index >= 15 is 0 Å². The first kappa shape index (κ1) is 12.8. The fourth-order valence-corrected chi connectivity index (χ4v) is 1.96. The lowest BCUT2D eigenvalue weighted by atomic mass is 10.4. The number of pyridine rings is 2. The molecule has 4 heterocycles. The van der Waals surface area contributed by atoms with E-state index in [1.807, 2.05) is 24.4 Å². The zero-order chi connectivity index (χ0) is 14.7. The van der Waals surface area contributed by atoms with Crippen LogP contribution in [0.3, 0.4) is 0 Å². The van der Waals surface area contributed by atoms with Crippen molar-refractivity contribution in [2.45, 2.75) is 0 Å². The van der Waals surface area contributed by atoms with Crippen LogP contribution in [0.4, 0.5) is 5.69 Å². The molecule has 7 heteroatoms. The maximum atomic E-state index is 10.4. The second-order valence-corrected chi connectivity index (χ2v) is 4.24. The summed E-state index contributed by atoms with van der Waals surface area (Å²) >= 11 is 0. The molecule has 0 aliphatic heterocycles. The van der Waals surface area contributed by atoms with Crippen molar-refractivity contribution in [1.82, 2.24) is 19.9 Å². The third kappa shape index (κ3) is 2.57. The summed E-state index contributed by atoms with van der Waals surface area (Å²) in [5.74, 6) is 0. The lowest BCUT2D eigenvalue weighted by molar-refractivity contribution is -0.383. The van der Waals surface area contributed by atoms with Gasteiger partial charge >= 0.3 is 5.69 Å². The van der Waals surface area contributed by atoms with Crippen LogP contribution in [-0.2, 0) is 0 Å². The van der Waals surface area contributed by atoms with Gasteiger partial charge in [0, 0.05) is 18.6 Å². The maximum absolute atomic E-state index is 10.4. The number of aromatic amines is 2. The Balaban J connectivity index is 0.000000131. The number of H-pyrrole nitrogens is 2. The predicted molar refractivity (Wildman–Crippen MR) is 78.8 cm³/mol. The van der Waals surface area contributed by atoms with Gasteiger partial charge in [-0.1, -0.05) is 0 Å². The third-order valence-electron chi connectivity index (χ3n) is 2.93. The molecule has 0 amide bonds. The Bertz CT molecular complexity index is 866. The Kier molecular flexibility index (Phi) is 3.30. The number of hydrogen-bond acceptors (Lipinski definition) is 4. The van der Waals surface area contributed by atoms with E-state index in [-0.39, 0.29) is 5.69 Å². The van der Waals surface area contributed by atoms with Crippen molar-refractivity contribution in [2.24, 2.45) is 0 Å². The van der Waals surface area contributed by atoms with E-state index in [0.717, 1.165) is 11.0 Å². The maximum Gasteiger partial charge on any atom is 0.312 e. The standard InChI is InChI=1S/C7H5N3O2.C7H6N2/c11-10(12)6-4-9-5-2-1-3-8-7(5)6;1-2-6-7(8-4-1)3-5-9-6/h1-4,9H;1-5,9H. The number of aromatic nitrogens is 4. The lowest BCUT2D eigenvalue weighted by Crippen LogP contribution is -1.85. The fraction of sp³-hybridized carbons (Fsp3) is 0. The predicted octanol–water partition coefficient (Wildman–Crippen LogP) is 3.03. The van der Waals surface area contributed by atoms with E-state index in [1.54, 1.807) is 18.3 Å². The number of nitro groups is 1. The van der Waals surface area contributed by atoms with Crippen molar-refractivity contribution in [3.63, 3.8) is 0 Å². The molecule has 4 rings (SSSR count). The highest BCUT2D eigenvalue weighted by molar-refractivity contribution is 5.84. The van der Waals surface area contributed by atoms with Gasteiger partial charge in [-0.3, -0.25) is 15.1 Å². The molecule has 0 saturated carbocycles. The van der Waals surface area contributed by atoms with Gasteiger partial charge in [0.15, 0.2) is 5.52 Å². The van der Waals surface area contributed by atoms with E-state index in [2.05, 4.69) is 19.9 Å². The van der Waals surface area contributed by atoms with Gasteiger partial charge in [0.25, 0.3) is 0 Å². The van der Waals surface area contributed by atoms with Crippen LogP contribution in [-0.4, -0.2) is 24.9 Å². The van der Waals surface area contributed by atoms with Crippen molar-refractivity contribution in [3.8, 4) is 0 Å². The average molecular weight is 281 g/mol. The van der Waals surface area contributed by atoms with E-state index in [4.69, 9.17) is 0 Å². The SMILES string of the molecule is O=[N+]([O-])c1c[nH]c2cccnc12.c1cnc2cc[nH]c2c1. The van der Waals surface area contributed by atoms with Crippen LogP contribution >= 0.6 is 0 Å². The van der Waals surface area contributed by atoms with Gasteiger partial charge in [0.2, 0.25) is 0 Å². The Hall–Kier alpha value is -3.22. The van der Waals surface area contributed by atoms with Crippen molar-refractivity contribution in [2.75, 3.05) is 0 Å². The Labute approximate surface area is 118 Å². The average Bonchev–Trinajstić information content (AvgIpc) is 3.14. The monoisotopic (exact) mass is 281 g/mol. The van der Waals surface area contributed by atoms with Crippen LogP contribution in [0.5, 0.6) is 0 Å². The van der Waals surface area contributed by atoms with Crippen molar-refractivity contribution < 1.29 is 4.92 Å². The molecule has 0 aliphatic carbocycles. The Morgan fingerprint density at radius 1 is 1.00 bits per heavy atom. The number of hydrogen-bond donors (Lipinski definition) is 2. The summed E-state index contributed by atoms with van der Waals surface area (Å²) in [6, 6.07) is 9.34. The van der Waals surface area contributed by atoms with Gasteiger partial charge in [0.1, 0.15) is 0 Å². The molecule has 104 valence electrons. The van der Waals surface area contributed by atoms with Crippen LogP contribution in [0.1, 0.15) is 0 Å². The third-order valence-corrected chi connectivity index (χ3v) is 2.93. The lowest BCUT2D eigenvalue weighted by Gasteiger charge is -1.86. The molecule has 0 radical (unpaired) electrons. The minimum Gasteiger partial charge on any atom is -0.360 e. The van der Waals surface area contributed by atoms with Crippen LogP contribution in [0.2, 0.25) is 0 Å². The molecule has 0 fully saturated rings. The molecule has 0 saturated heterocycles. The first-order valence-electron chi connectivity index (χ1n) is 6.20. The fourth-order valence-electron chi connectivity index (χ4n) is 1.96. The van der Waals surface area contributed by atoms with Gasteiger partial charge in [-0.15, -0.1) is 0 Å². The van der Waals surface area contributed by atoms with Crippen LogP contribution in [0.25, 0.3) is 22.1 Å². The zero-order valence-electron chi connectivity index (χ0n) is 10.9. The molecule has 4 aromatic rings. The Morgan fingerprint density at radius 3 is 2.52 bits per heavy atom. The van der Waals surface area contributed by atoms with Crippen molar-refractivity contribution in [3.05, 3.63) is 65.2 Å². The highest BCUT2D eigenvalue weighted by atomic mass is 16.6. The number of fused-ring (bicyclic) bond motifs is 2. The molecule has 0 bridgehead atoms. The molecule has 21 heavy (non-hydrogen) atoms. The van der Waals surface area contributed by atoms with Crippen LogP contribution in [0.15, 0.2) is 55.1 Å². The molecule has 2 N–H and O–H groups in total. The van der Waals surface area contributed by atoms with E-state index < -0.39 is 4.92 Å². The Morgan fingerprint density at radius 2 is 1.76 bits per heavy atom. The second-order valence-electron chi connectivity index (χ2n) is 4.24. The van der Waals surface area contributed by atoms with Crippen molar-refractivity contribution >= 4 is 27.8 Å². The summed E-state index contributed by atoms with van der Waals surface area (Å²) in [4.78, 5) is 23.8. The highest BCUT2D eigenvalue weighted by Gasteiger charge is 2.13. The van der Waals surface area contributed by atoms with Crippen LogP contribution in [0, 0.1) is 10.1 Å². The van der Waals surface area contributed by atoms with Gasteiger partial charge in [0.05, 0.1) is 27.7 Å². The quantitative estimate of drug-likeness (QED) is 0.413. The summed E-state index contributed by atoms with van der Waals surface area (Å²) in [5, 5.41) is 10.4. The summed E-state index contributed by atoms with van der Waals surface area (Å²) in [6.45, 7) is 0.